The van der Waals surface area contributed by atoms with Crippen molar-refractivity contribution in [3.63, 3.8) is 0 Å². The molecule has 19 heavy (non-hydrogen) atoms. The van der Waals surface area contributed by atoms with Gasteiger partial charge in [0.15, 0.2) is 0 Å². The standard InChI is InChI=1S/C17H22OS/c1-13(2)11-19-12-16(18)10-15-8-5-7-14-6-3-4-9-17(14)15/h3-9,13,16,18H,10-12H2,1-2H3. The van der Waals surface area contributed by atoms with E-state index in [1.54, 1.807) is 0 Å². The topological polar surface area (TPSA) is 20.2 Å². The van der Waals surface area contributed by atoms with Crippen LogP contribution in [0.5, 0.6) is 0 Å². The van der Waals surface area contributed by atoms with Crippen LogP contribution in [0.2, 0.25) is 0 Å². The van der Waals surface area contributed by atoms with Gasteiger partial charge < -0.3 is 5.11 Å². The second kappa shape index (κ2) is 6.97. The van der Waals surface area contributed by atoms with Crippen LogP contribution in [0.1, 0.15) is 19.4 Å². The van der Waals surface area contributed by atoms with Crippen molar-refractivity contribution in [3.05, 3.63) is 48.0 Å². The molecule has 0 aromatic heterocycles. The zero-order valence-electron chi connectivity index (χ0n) is 11.7. The molecule has 0 fully saturated rings. The lowest BCUT2D eigenvalue weighted by Crippen LogP contribution is -2.14. The van der Waals surface area contributed by atoms with E-state index in [-0.39, 0.29) is 6.10 Å². The molecule has 2 aromatic rings. The first-order chi connectivity index (χ1) is 9.16. The van der Waals surface area contributed by atoms with Crippen LogP contribution in [0.3, 0.4) is 0 Å². The molecule has 0 saturated carbocycles. The van der Waals surface area contributed by atoms with Crippen LogP contribution in [0.25, 0.3) is 10.8 Å². The summed E-state index contributed by atoms with van der Waals surface area (Å²) in [5.41, 5.74) is 1.25. The van der Waals surface area contributed by atoms with Crippen molar-refractivity contribution in [1.82, 2.24) is 0 Å². The molecule has 1 unspecified atom stereocenters. The largest absolute Gasteiger partial charge is 0.392 e. The summed E-state index contributed by atoms with van der Waals surface area (Å²) in [6.45, 7) is 4.42. The average Bonchev–Trinajstić information content (AvgIpc) is 2.39. The zero-order chi connectivity index (χ0) is 13.7. The predicted octanol–water partition coefficient (Wildman–Crippen LogP) is 4.13. The average molecular weight is 274 g/mol. The second-order valence-electron chi connectivity index (χ2n) is 5.43. The highest BCUT2D eigenvalue weighted by Crippen LogP contribution is 2.21. The van der Waals surface area contributed by atoms with Gasteiger partial charge in [0.05, 0.1) is 6.10 Å². The highest BCUT2D eigenvalue weighted by atomic mass is 32.2. The molecule has 0 heterocycles. The molecule has 0 spiro atoms. The predicted molar refractivity (Wildman–Crippen MR) is 85.8 cm³/mol. The summed E-state index contributed by atoms with van der Waals surface area (Å²) in [5.74, 6) is 2.63. The number of aliphatic hydroxyl groups is 1. The van der Waals surface area contributed by atoms with Gasteiger partial charge in [0.1, 0.15) is 0 Å². The van der Waals surface area contributed by atoms with Gasteiger partial charge in [0.2, 0.25) is 0 Å². The minimum Gasteiger partial charge on any atom is -0.392 e. The Hall–Kier alpha value is -0.990. The first kappa shape index (κ1) is 14.4. The van der Waals surface area contributed by atoms with Gasteiger partial charge in [-0.05, 0) is 34.4 Å². The molecular formula is C17H22OS. The van der Waals surface area contributed by atoms with E-state index in [0.717, 1.165) is 17.9 Å². The van der Waals surface area contributed by atoms with Crippen LogP contribution in [-0.2, 0) is 6.42 Å². The smallest absolute Gasteiger partial charge is 0.0671 e. The Kier molecular flexibility index (Phi) is 5.29. The number of thioether (sulfide) groups is 1. The Morgan fingerprint density at radius 3 is 2.53 bits per heavy atom. The summed E-state index contributed by atoms with van der Waals surface area (Å²) >= 11 is 1.84. The van der Waals surface area contributed by atoms with Crippen molar-refractivity contribution in [1.29, 1.82) is 0 Å². The summed E-state index contributed by atoms with van der Waals surface area (Å²) in [7, 11) is 0. The minimum absolute atomic E-state index is 0.255. The normalized spacial score (nSPS) is 13.1. The molecule has 1 atom stereocenters. The van der Waals surface area contributed by atoms with E-state index in [9.17, 15) is 5.11 Å². The molecule has 0 aliphatic rings. The first-order valence-electron chi connectivity index (χ1n) is 6.89. The third-order valence-electron chi connectivity index (χ3n) is 3.10. The van der Waals surface area contributed by atoms with Crippen LogP contribution in [-0.4, -0.2) is 22.7 Å². The van der Waals surface area contributed by atoms with Crippen molar-refractivity contribution in [2.24, 2.45) is 5.92 Å². The zero-order valence-corrected chi connectivity index (χ0v) is 12.5. The first-order valence-corrected chi connectivity index (χ1v) is 8.04. The fraction of sp³-hybridized carbons (Fsp3) is 0.412. The van der Waals surface area contributed by atoms with E-state index in [1.165, 1.54) is 16.3 Å². The summed E-state index contributed by atoms with van der Waals surface area (Å²) in [4.78, 5) is 0. The number of fused-ring (bicyclic) bond motifs is 1. The number of hydrogen-bond donors (Lipinski definition) is 1. The van der Waals surface area contributed by atoms with E-state index >= 15 is 0 Å². The molecule has 0 bridgehead atoms. The number of benzene rings is 2. The van der Waals surface area contributed by atoms with Gasteiger partial charge in [-0.3, -0.25) is 0 Å². The molecular weight excluding hydrogens is 252 g/mol. The highest BCUT2D eigenvalue weighted by molar-refractivity contribution is 7.99. The second-order valence-corrected chi connectivity index (χ2v) is 6.50. The number of hydrogen-bond acceptors (Lipinski definition) is 2. The molecule has 102 valence electrons. The third-order valence-corrected chi connectivity index (χ3v) is 4.62. The maximum absolute atomic E-state index is 10.2. The fourth-order valence-corrected chi connectivity index (χ4v) is 3.22. The van der Waals surface area contributed by atoms with Gasteiger partial charge in [0.25, 0.3) is 0 Å². The summed E-state index contributed by atoms with van der Waals surface area (Å²) in [6.07, 6.45) is 0.487. The van der Waals surface area contributed by atoms with Gasteiger partial charge >= 0.3 is 0 Å². The summed E-state index contributed by atoms with van der Waals surface area (Å²) < 4.78 is 0. The van der Waals surface area contributed by atoms with E-state index in [2.05, 4.69) is 56.3 Å². The van der Waals surface area contributed by atoms with Crippen molar-refractivity contribution < 1.29 is 5.11 Å². The third kappa shape index (κ3) is 4.26. The van der Waals surface area contributed by atoms with Crippen molar-refractivity contribution in [3.8, 4) is 0 Å². The molecule has 0 aliphatic carbocycles. The lowest BCUT2D eigenvalue weighted by atomic mass is 10.0. The molecule has 0 radical (unpaired) electrons. The van der Waals surface area contributed by atoms with Crippen LogP contribution < -0.4 is 0 Å². The van der Waals surface area contributed by atoms with Gasteiger partial charge in [-0.2, -0.15) is 11.8 Å². The molecule has 2 aromatic carbocycles. The van der Waals surface area contributed by atoms with Crippen molar-refractivity contribution in [2.45, 2.75) is 26.4 Å². The lowest BCUT2D eigenvalue weighted by Gasteiger charge is -2.13. The van der Waals surface area contributed by atoms with Crippen LogP contribution in [0.15, 0.2) is 42.5 Å². The molecule has 2 rings (SSSR count). The molecule has 0 aliphatic heterocycles. The highest BCUT2D eigenvalue weighted by Gasteiger charge is 2.08. The minimum atomic E-state index is -0.255. The van der Waals surface area contributed by atoms with Crippen molar-refractivity contribution in [2.75, 3.05) is 11.5 Å². The summed E-state index contributed by atoms with van der Waals surface area (Å²) in [5, 5.41) is 12.7. The number of aliphatic hydroxyl groups excluding tert-OH is 1. The summed E-state index contributed by atoms with van der Waals surface area (Å²) in [6, 6.07) is 14.7. The quantitative estimate of drug-likeness (QED) is 0.854. The maximum atomic E-state index is 10.2. The lowest BCUT2D eigenvalue weighted by molar-refractivity contribution is 0.200. The van der Waals surface area contributed by atoms with Crippen LogP contribution in [0, 0.1) is 5.92 Å². The van der Waals surface area contributed by atoms with E-state index < -0.39 is 0 Å². The van der Waals surface area contributed by atoms with Gasteiger partial charge in [-0.1, -0.05) is 56.3 Å². The van der Waals surface area contributed by atoms with E-state index in [4.69, 9.17) is 0 Å². The molecule has 1 N–H and O–H groups in total. The van der Waals surface area contributed by atoms with E-state index in [0.29, 0.717) is 5.92 Å². The van der Waals surface area contributed by atoms with Gasteiger partial charge in [-0.25, -0.2) is 0 Å². The van der Waals surface area contributed by atoms with Gasteiger partial charge in [0, 0.05) is 5.75 Å². The fourth-order valence-electron chi connectivity index (χ4n) is 2.22. The van der Waals surface area contributed by atoms with Crippen molar-refractivity contribution >= 4 is 22.5 Å². The van der Waals surface area contributed by atoms with Gasteiger partial charge in [-0.15, -0.1) is 0 Å². The van der Waals surface area contributed by atoms with Crippen LogP contribution in [0.4, 0.5) is 0 Å². The Morgan fingerprint density at radius 1 is 1.00 bits per heavy atom. The van der Waals surface area contributed by atoms with Crippen LogP contribution >= 0.6 is 11.8 Å². The Balaban J connectivity index is 2.00. The Bertz CT molecular complexity index is 516. The molecule has 0 saturated heterocycles. The molecule has 2 heteroatoms. The molecule has 0 amide bonds. The maximum Gasteiger partial charge on any atom is 0.0671 e. The molecule has 1 nitrogen and oxygen atoms in total. The SMILES string of the molecule is CC(C)CSCC(O)Cc1cccc2ccccc12. The number of rotatable bonds is 6. The monoisotopic (exact) mass is 274 g/mol. The Morgan fingerprint density at radius 2 is 1.74 bits per heavy atom. The van der Waals surface area contributed by atoms with E-state index in [1.807, 2.05) is 11.8 Å². The Labute approximate surface area is 120 Å².